The van der Waals surface area contributed by atoms with Crippen molar-refractivity contribution in [3.63, 3.8) is 0 Å². The zero-order chi connectivity index (χ0) is 7.44. The molecule has 10 heavy (non-hydrogen) atoms. The molecule has 54 valence electrons. The van der Waals surface area contributed by atoms with Crippen LogP contribution in [0.3, 0.4) is 0 Å². The molecule has 0 fully saturated rings. The summed E-state index contributed by atoms with van der Waals surface area (Å²) in [5, 5.41) is 16.1. The van der Waals surface area contributed by atoms with Crippen molar-refractivity contribution in [1.29, 1.82) is 0 Å². The summed E-state index contributed by atoms with van der Waals surface area (Å²) in [6, 6.07) is 0. The molecule has 0 rings (SSSR count). The third-order valence-corrected chi connectivity index (χ3v) is 0.667. The van der Waals surface area contributed by atoms with Crippen molar-refractivity contribution in [2.24, 2.45) is 0 Å². The molecule has 0 aromatic rings. The normalized spacial score (nSPS) is 7.60. The van der Waals surface area contributed by atoms with Gasteiger partial charge in [-0.05, 0) is 0 Å². The van der Waals surface area contributed by atoms with Crippen LogP contribution in [0.1, 0.15) is 6.42 Å². The SMILES string of the molecule is C=C(CC(=O)O)C(=O)O.[Zr]. The van der Waals surface area contributed by atoms with Crippen LogP contribution in [0.2, 0.25) is 0 Å². The van der Waals surface area contributed by atoms with Crippen LogP contribution < -0.4 is 0 Å². The van der Waals surface area contributed by atoms with Gasteiger partial charge >= 0.3 is 11.9 Å². The van der Waals surface area contributed by atoms with E-state index in [1.165, 1.54) is 0 Å². The number of carboxylic acids is 2. The van der Waals surface area contributed by atoms with Crippen LogP contribution in [0.5, 0.6) is 0 Å². The second kappa shape index (κ2) is 5.36. The summed E-state index contributed by atoms with van der Waals surface area (Å²) in [4.78, 5) is 19.7. The Morgan fingerprint density at radius 1 is 1.30 bits per heavy atom. The third-order valence-electron chi connectivity index (χ3n) is 0.667. The molecule has 0 bridgehead atoms. The first kappa shape index (κ1) is 12.3. The van der Waals surface area contributed by atoms with Gasteiger partial charge < -0.3 is 10.2 Å². The summed E-state index contributed by atoms with van der Waals surface area (Å²) < 4.78 is 0. The molecule has 5 heteroatoms. The number of hydrogen-bond acceptors (Lipinski definition) is 2. The molecule has 0 aliphatic rings. The Balaban J connectivity index is 0. The van der Waals surface area contributed by atoms with E-state index in [2.05, 4.69) is 6.58 Å². The summed E-state index contributed by atoms with van der Waals surface area (Å²) in [6.07, 6.45) is -0.505. The minimum Gasteiger partial charge on any atom is -0.481 e. The minimum absolute atomic E-state index is 0. The Hall–Kier alpha value is -0.437. The molecule has 0 amide bonds. The Morgan fingerprint density at radius 2 is 1.70 bits per heavy atom. The van der Waals surface area contributed by atoms with Crippen molar-refractivity contribution in [3.05, 3.63) is 12.2 Å². The van der Waals surface area contributed by atoms with Gasteiger partial charge in [0.2, 0.25) is 0 Å². The molecule has 0 aromatic heterocycles. The van der Waals surface area contributed by atoms with E-state index in [0.717, 1.165) is 0 Å². The quantitative estimate of drug-likeness (QED) is 0.663. The van der Waals surface area contributed by atoms with Gasteiger partial charge in [0.05, 0.1) is 6.42 Å². The van der Waals surface area contributed by atoms with E-state index in [-0.39, 0.29) is 31.8 Å². The maximum atomic E-state index is 9.87. The third kappa shape index (κ3) is 5.70. The smallest absolute Gasteiger partial charge is 0.331 e. The first-order chi connectivity index (χ1) is 4.04. The van der Waals surface area contributed by atoms with E-state index in [1.807, 2.05) is 0 Å². The first-order valence-corrected chi connectivity index (χ1v) is 2.17. The topological polar surface area (TPSA) is 74.6 Å². The molecule has 0 radical (unpaired) electrons. The zero-order valence-electron chi connectivity index (χ0n) is 5.13. The molecule has 0 saturated carbocycles. The standard InChI is InChI=1S/C5H6O4.Zr/c1-3(5(8)9)2-4(6)7;/h1-2H2,(H,6,7)(H,8,9);. The van der Waals surface area contributed by atoms with Crippen LogP contribution in [-0.4, -0.2) is 22.2 Å². The summed E-state index contributed by atoms with van der Waals surface area (Å²) in [5.41, 5.74) is -0.303. The van der Waals surface area contributed by atoms with Crippen molar-refractivity contribution in [2.45, 2.75) is 6.42 Å². The molecule has 0 heterocycles. The second-order valence-corrected chi connectivity index (χ2v) is 1.48. The molecule has 0 saturated heterocycles. The van der Waals surface area contributed by atoms with Gasteiger partial charge in [0.15, 0.2) is 0 Å². The summed E-state index contributed by atoms with van der Waals surface area (Å²) in [6.45, 7) is 3.01. The summed E-state index contributed by atoms with van der Waals surface area (Å²) in [7, 11) is 0. The van der Waals surface area contributed by atoms with E-state index in [9.17, 15) is 9.59 Å². The number of carboxylic acid groups (broad SMARTS) is 2. The van der Waals surface area contributed by atoms with Crippen LogP contribution in [0, 0.1) is 0 Å². The van der Waals surface area contributed by atoms with Crippen LogP contribution >= 0.6 is 0 Å². The second-order valence-electron chi connectivity index (χ2n) is 1.48. The van der Waals surface area contributed by atoms with Crippen LogP contribution in [0.4, 0.5) is 0 Å². The van der Waals surface area contributed by atoms with Gasteiger partial charge in [-0.2, -0.15) is 0 Å². The molecule has 0 aliphatic heterocycles. The van der Waals surface area contributed by atoms with Crippen LogP contribution in [0.25, 0.3) is 0 Å². The first-order valence-electron chi connectivity index (χ1n) is 2.17. The fourth-order valence-electron chi connectivity index (χ4n) is 0.258. The van der Waals surface area contributed by atoms with Gasteiger partial charge in [-0.15, -0.1) is 0 Å². The van der Waals surface area contributed by atoms with Gasteiger partial charge in [0.1, 0.15) is 0 Å². The van der Waals surface area contributed by atoms with Gasteiger partial charge in [-0.3, -0.25) is 4.79 Å². The number of hydrogen-bond donors (Lipinski definition) is 2. The van der Waals surface area contributed by atoms with E-state index in [1.54, 1.807) is 0 Å². The average molecular weight is 221 g/mol. The molecule has 0 atom stereocenters. The van der Waals surface area contributed by atoms with Crippen molar-refractivity contribution >= 4 is 11.9 Å². The van der Waals surface area contributed by atoms with Crippen LogP contribution in [0.15, 0.2) is 12.2 Å². The molecule has 0 spiro atoms. The van der Waals surface area contributed by atoms with E-state index >= 15 is 0 Å². The molecular weight excluding hydrogens is 215 g/mol. The fraction of sp³-hybridized carbons (Fsp3) is 0.200. The predicted octanol–water partition coefficient (Wildman–Crippen LogP) is 0.0994. The van der Waals surface area contributed by atoms with Crippen molar-refractivity contribution in [1.82, 2.24) is 0 Å². The van der Waals surface area contributed by atoms with E-state index < -0.39 is 18.4 Å². The molecule has 4 nitrogen and oxygen atoms in total. The maximum Gasteiger partial charge on any atom is 0.331 e. The Labute approximate surface area is 76.7 Å². The van der Waals surface area contributed by atoms with Crippen molar-refractivity contribution in [3.8, 4) is 0 Å². The molecular formula is C5H6O4Zr. The van der Waals surface area contributed by atoms with E-state index in [0.29, 0.717) is 0 Å². The Kier molecular flexibility index (Phi) is 6.57. The van der Waals surface area contributed by atoms with Gasteiger partial charge in [-0.25, -0.2) is 4.79 Å². The molecule has 0 aliphatic carbocycles. The maximum absolute atomic E-state index is 9.87. The zero-order valence-corrected chi connectivity index (χ0v) is 7.58. The monoisotopic (exact) mass is 220 g/mol. The predicted molar refractivity (Wildman–Crippen MR) is 29.0 cm³/mol. The van der Waals surface area contributed by atoms with Gasteiger partial charge in [0, 0.05) is 31.8 Å². The molecule has 0 unspecified atom stereocenters. The summed E-state index contributed by atoms with van der Waals surface area (Å²) in [5.74, 6) is -2.44. The minimum atomic E-state index is -1.27. The largest absolute Gasteiger partial charge is 0.481 e. The van der Waals surface area contributed by atoms with Crippen molar-refractivity contribution in [2.75, 3.05) is 0 Å². The number of carbonyl (C=O) groups is 2. The van der Waals surface area contributed by atoms with Gasteiger partial charge in [0.25, 0.3) is 0 Å². The Bertz CT molecular complexity index is 163. The number of aliphatic carboxylic acids is 2. The average Bonchev–Trinajstić information content (AvgIpc) is 1.63. The molecule has 0 aromatic carbocycles. The van der Waals surface area contributed by atoms with E-state index in [4.69, 9.17) is 10.2 Å². The van der Waals surface area contributed by atoms with Crippen LogP contribution in [-0.2, 0) is 35.8 Å². The van der Waals surface area contributed by atoms with Crippen molar-refractivity contribution < 1.29 is 46.0 Å². The summed E-state index contributed by atoms with van der Waals surface area (Å²) >= 11 is 0. The molecule has 2 N–H and O–H groups in total. The van der Waals surface area contributed by atoms with Gasteiger partial charge in [-0.1, -0.05) is 6.58 Å². The fourth-order valence-corrected chi connectivity index (χ4v) is 0.258. The number of rotatable bonds is 3. The Morgan fingerprint density at radius 3 is 1.80 bits per heavy atom.